The van der Waals surface area contributed by atoms with E-state index in [2.05, 4.69) is 5.32 Å². The molecule has 208 valence electrons. The van der Waals surface area contributed by atoms with Gasteiger partial charge in [-0.15, -0.1) is 0 Å². The minimum absolute atomic E-state index is 0.0159. The summed E-state index contributed by atoms with van der Waals surface area (Å²) in [5.74, 6) is -0.267. The quantitative estimate of drug-likeness (QED) is 0.269. The first kappa shape index (κ1) is 28.2. The monoisotopic (exact) mass is 548 g/mol. The lowest BCUT2D eigenvalue weighted by Gasteiger charge is -2.26. The van der Waals surface area contributed by atoms with E-state index in [1.54, 1.807) is 54.6 Å². The van der Waals surface area contributed by atoms with Gasteiger partial charge < -0.3 is 18.9 Å². The number of carbonyl (C=O) groups is 3. The lowest BCUT2D eigenvalue weighted by molar-refractivity contribution is -0.130. The normalized spacial score (nSPS) is 14.2. The van der Waals surface area contributed by atoms with Crippen LogP contribution in [0.5, 0.6) is 23.0 Å². The lowest BCUT2D eigenvalue weighted by Crippen LogP contribution is -2.53. The molecule has 1 heterocycles. The number of hydrogen-bond acceptors (Lipinski definition) is 7. The number of nitrogens with zero attached hydrogens (tertiary/aromatic N) is 1. The van der Waals surface area contributed by atoms with E-state index in [0.29, 0.717) is 46.3 Å². The zero-order valence-corrected chi connectivity index (χ0v) is 22.4. The Hall–Kier alpha value is -4.86. The molecule has 0 atom stereocenters. The van der Waals surface area contributed by atoms with Crippen molar-refractivity contribution >= 4 is 23.9 Å². The number of halogens is 1. The van der Waals surface area contributed by atoms with Gasteiger partial charge in [-0.2, -0.15) is 0 Å². The smallest absolute Gasteiger partial charge is 0.331 e. The molecule has 4 amide bonds. The third-order valence-electron chi connectivity index (χ3n) is 6.06. The number of nitrogens with one attached hydrogen (secondary N) is 1. The van der Waals surface area contributed by atoms with Crippen molar-refractivity contribution in [2.45, 2.75) is 26.5 Å². The van der Waals surface area contributed by atoms with Crippen molar-refractivity contribution in [1.29, 1.82) is 0 Å². The van der Waals surface area contributed by atoms with E-state index in [9.17, 15) is 18.8 Å². The first-order valence-corrected chi connectivity index (χ1v) is 12.6. The molecule has 1 aliphatic rings. The largest absolute Gasteiger partial charge is 0.493 e. The van der Waals surface area contributed by atoms with E-state index in [4.69, 9.17) is 18.9 Å². The molecule has 3 aromatic rings. The summed E-state index contributed by atoms with van der Waals surface area (Å²) in [6.07, 6.45) is 2.19. The van der Waals surface area contributed by atoms with Crippen molar-refractivity contribution in [2.24, 2.45) is 0 Å². The van der Waals surface area contributed by atoms with Crippen LogP contribution >= 0.6 is 0 Å². The van der Waals surface area contributed by atoms with Crippen LogP contribution in [-0.2, 0) is 22.7 Å². The van der Waals surface area contributed by atoms with E-state index in [1.807, 2.05) is 6.92 Å². The maximum absolute atomic E-state index is 13.9. The Balaban J connectivity index is 1.53. The minimum atomic E-state index is -0.827. The van der Waals surface area contributed by atoms with Crippen LogP contribution in [0, 0.1) is 5.82 Å². The Labute approximate surface area is 231 Å². The number of carbonyl (C=O) groups excluding carboxylic acids is 3. The number of urea groups is 1. The van der Waals surface area contributed by atoms with E-state index in [1.165, 1.54) is 26.4 Å². The van der Waals surface area contributed by atoms with Crippen molar-refractivity contribution in [3.8, 4) is 23.0 Å². The molecule has 3 aromatic carbocycles. The zero-order chi connectivity index (χ0) is 28.6. The Kier molecular flexibility index (Phi) is 9.00. The van der Waals surface area contributed by atoms with E-state index < -0.39 is 17.8 Å². The molecule has 0 aromatic heterocycles. The SMILES string of the molecule is CCCOc1ccc(CN2C(=O)NC(=O)/C(=C\c3ccc(OCc4ccccc4F)c(OC)c3)C2=O)cc1OC. The Bertz CT molecular complexity index is 1450. The molecule has 4 rings (SSSR count). The van der Waals surface area contributed by atoms with Crippen LogP contribution < -0.4 is 24.3 Å². The van der Waals surface area contributed by atoms with Crippen LogP contribution in [0.4, 0.5) is 9.18 Å². The summed E-state index contributed by atoms with van der Waals surface area (Å²) < 4.78 is 36.1. The van der Waals surface area contributed by atoms with Crippen molar-refractivity contribution in [1.82, 2.24) is 10.2 Å². The first-order valence-electron chi connectivity index (χ1n) is 12.6. The van der Waals surface area contributed by atoms with Gasteiger partial charge in [0.25, 0.3) is 11.8 Å². The van der Waals surface area contributed by atoms with E-state index >= 15 is 0 Å². The third-order valence-corrected chi connectivity index (χ3v) is 6.06. The average Bonchev–Trinajstić information content (AvgIpc) is 2.96. The number of imide groups is 2. The highest BCUT2D eigenvalue weighted by Gasteiger charge is 2.36. The summed E-state index contributed by atoms with van der Waals surface area (Å²) in [4.78, 5) is 39.4. The number of hydrogen-bond donors (Lipinski definition) is 1. The van der Waals surface area contributed by atoms with Gasteiger partial charge in [-0.1, -0.05) is 37.3 Å². The van der Waals surface area contributed by atoms with Crippen LogP contribution in [0.25, 0.3) is 6.08 Å². The molecule has 0 aliphatic carbocycles. The topological polar surface area (TPSA) is 103 Å². The number of rotatable bonds is 11. The molecular weight excluding hydrogens is 519 g/mol. The van der Waals surface area contributed by atoms with Crippen LogP contribution in [0.15, 0.2) is 66.2 Å². The molecule has 10 heteroatoms. The Morgan fingerprint density at radius 1 is 0.875 bits per heavy atom. The van der Waals surface area contributed by atoms with Gasteiger partial charge in [0, 0.05) is 5.56 Å². The molecule has 0 saturated carbocycles. The van der Waals surface area contributed by atoms with Crippen molar-refractivity contribution in [2.75, 3.05) is 20.8 Å². The minimum Gasteiger partial charge on any atom is -0.493 e. The van der Waals surface area contributed by atoms with Crippen LogP contribution in [0.3, 0.4) is 0 Å². The number of methoxy groups -OCH3 is 2. The Morgan fingerprint density at radius 3 is 2.30 bits per heavy atom. The van der Waals surface area contributed by atoms with Crippen molar-refractivity contribution < 1.29 is 37.7 Å². The summed E-state index contributed by atoms with van der Waals surface area (Å²) in [5.41, 5.74) is 1.22. The Morgan fingerprint density at radius 2 is 1.57 bits per heavy atom. The maximum atomic E-state index is 13.9. The van der Waals surface area contributed by atoms with Gasteiger partial charge in [0.2, 0.25) is 0 Å². The predicted molar refractivity (Wildman–Crippen MR) is 145 cm³/mol. The number of amides is 4. The molecule has 1 saturated heterocycles. The highest BCUT2D eigenvalue weighted by molar-refractivity contribution is 6.30. The zero-order valence-electron chi connectivity index (χ0n) is 22.4. The van der Waals surface area contributed by atoms with Gasteiger partial charge in [-0.05, 0) is 54.0 Å². The molecule has 1 aliphatic heterocycles. The second-order valence-electron chi connectivity index (χ2n) is 8.83. The molecule has 0 spiro atoms. The fourth-order valence-electron chi connectivity index (χ4n) is 3.99. The highest BCUT2D eigenvalue weighted by Crippen LogP contribution is 2.31. The molecular formula is C30H29FN2O7. The van der Waals surface area contributed by atoms with Crippen molar-refractivity contribution in [3.05, 3.63) is 88.7 Å². The van der Waals surface area contributed by atoms with E-state index in [-0.39, 0.29) is 24.5 Å². The number of ether oxygens (including phenoxy) is 4. The fourth-order valence-corrected chi connectivity index (χ4v) is 3.99. The van der Waals surface area contributed by atoms with Gasteiger partial charge >= 0.3 is 6.03 Å². The summed E-state index contributed by atoms with van der Waals surface area (Å²) in [6.45, 7) is 2.40. The maximum Gasteiger partial charge on any atom is 0.331 e. The fraction of sp³-hybridized carbons (Fsp3) is 0.233. The summed E-state index contributed by atoms with van der Waals surface area (Å²) in [7, 11) is 2.94. The highest BCUT2D eigenvalue weighted by atomic mass is 19.1. The van der Waals surface area contributed by atoms with Gasteiger partial charge in [0.15, 0.2) is 23.0 Å². The average molecular weight is 549 g/mol. The molecule has 1 fully saturated rings. The van der Waals surface area contributed by atoms with Gasteiger partial charge in [-0.25, -0.2) is 9.18 Å². The lowest BCUT2D eigenvalue weighted by atomic mass is 10.1. The van der Waals surface area contributed by atoms with Gasteiger partial charge in [0.1, 0.15) is 18.0 Å². The number of barbiturate groups is 1. The molecule has 0 unspecified atom stereocenters. The summed E-state index contributed by atoms with van der Waals surface area (Å²) in [6, 6.07) is 15.3. The van der Waals surface area contributed by atoms with Crippen LogP contribution in [0.2, 0.25) is 0 Å². The summed E-state index contributed by atoms with van der Waals surface area (Å²) in [5, 5.41) is 2.21. The summed E-state index contributed by atoms with van der Waals surface area (Å²) >= 11 is 0. The first-order chi connectivity index (χ1) is 19.3. The van der Waals surface area contributed by atoms with E-state index in [0.717, 1.165) is 11.3 Å². The third kappa shape index (κ3) is 6.40. The molecule has 0 radical (unpaired) electrons. The predicted octanol–water partition coefficient (Wildman–Crippen LogP) is 4.87. The standard InChI is InChI=1S/C30H29FN2O7/c1-4-13-39-24-12-10-20(16-27(24)38-3)17-33-29(35)22(28(34)32-30(33)36)14-19-9-11-25(26(15-19)37-2)40-18-21-7-5-6-8-23(21)31/h5-12,14-16H,4,13,17-18H2,1-3H3,(H,32,34,36)/b22-14+. The molecule has 40 heavy (non-hydrogen) atoms. The van der Waals surface area contributed by atoms with Gasteiger partial charge in [0.05, 0.1) is 27.4 Å². The molecule has 0 bridgehead atoms. The second-order valence-corrected chi connectivity index (χ2v) is 8.83. The van der Waals surface area contributed by atoms with Gasteiger partial charge in [-0.3, -0.25) is 19.8 Å². The molecule has 1 N–H and O–H groups in total. The number of benzene rings is 3. The van der Waals surface area contributed by atoms with Crippen LogP contribution in [0.1, 0.15) is 30.0 Å². The molecule has 9 nitrogen and oxygen atoms in total. The van der Waals surface area contributed by atoms with Crippen LogP contribution in [-0.4, -0.2) is 43.6 Å². The van der Waals surface area contributed by atoms with Crippen molar-refractivity contribution in [3.63, 3.8) is 0 Å². The second kappa shape index (κ2) is 12.8.